The van der Waals surface area contributed by atoms with Crippen LogP contribution >= 0.6 is 0 Å². The summed E-state index contributed by atoms with van der Waals surface area (Å²) in [4.78, 5) is 11.8. The average Bonchev–Trinajstić information content (AvgIpc) is 2.70. The third-order valence-electron chi connectivity index (χ3n) is 2.85. The van der Waals surface area contributed by atoms with Gasteiger partial charge in [-0.2, -0.15) is 0 Å². The van der Waals surface area contributed by atoms with Crippen LogP contribution in [0.1, 0.15) is 42.8 Å². The minimum Gasteiger partial charge on any atom is -0.459 e. The predicted molar refractivity (Wildman–Crippen MR) is 67.8 cm³/mol. The number of rotatable bonds is 6. The monoisotopic (exact) mass is 238 g/mol. The van der Waals surface area contributed by atoms with E-state index in [0.717, 1.165) is 18.4 Å². The lowest BCUT2D eigenvalue weighted by molar-refractivity contribution is 0.0905. The Morgan fingerprint density at radius 1 is 1.53 bits per heavy atom. The molecule has 17 heavy (non-hydrogen) atoms. The van der Waals surface area contributed by atoms with Crippen LogP contribution < -0.4 is 11.1 Å². The number of carbonyl (C=O) groups excluding carboxylic acids is 1. The second-order valence-electron chi connectivity index (χ2n) is 5.17. The van der Waals surface area contributed by atoms with Gasteiger partial charge in [0.2, 0.25) is 0 Å². The third kappa shape index (κ3) is 4.23. The number of amides is 1. The first-order valence-electron chi connectivity index (χ1n) is 5.98. The quantitative estimate of drug-likeness (QED) is 0.797. The summed E-state index contributed by atoms with van der Waals surface area (Å²) in [6.07, 6.45) is 3.51. The molecule has 0 aliphatic rings. The maximum absolute atomic E-state index is 11.8. The molecule has 0 aliphatic heterocycles. The van der Waals surface area contributed by atoms with Gasteiger partial charge >= 0.3 is 0 Å². The van der Waals surface area contributed by atoms with Gasteiger partial charge in [0.1, 0.15) is 0 Å². The number of carbonyl (C=O) groups is 1. The molecule has 1 rings (SSSR count). The van der Waals surface area contributed by atoms with Crippen molar-refractivity contribution in [3.05, 3.63) is 23.7 Å². The Balaban J connectivity index is 2.45. The summed E-state index contributed by atoms with van der Waals surface area (Å²) < 4.78 is 5.14. The molecule has 0 bridgehead atoms. The first kappa shape index (κ1) is 13.8. The molecule has 0 spiro atoms. The number of nitrogens with one attached hydrogen (secondary N) is 1. The van der Waals surface area contributed by atoms with E-state index < -0.39 is 0 Å². The van der Waals surface area contributed by atoms with Crippen molar-refractivity contribution < 1.29 is 9.21 Å². The van der Waals surface area contributed by atoms with E-state index in [1.807, 2.05) is 6.92 Å². The Labute approximate surface area is 103 Å². The number of hydrogen-bond donors (Lipinski definition) is 2. The highest BCUT2D eigenvalue weighted by atomic mass is 16.3. The molecule has 1 aromatic heterocycles. The fraction of sp³-hybridized carbons (Fsp3) is 0.615. The summed E-state index contributed by atoms with van der Waals surface area (Å²) in [5, 5.41) is 2.90. The Hall–Kier alpha value is -1.29. The van der Waals surface area contributed by atoms with Crippen LogP contribution in [-0.2, 0) is 0 Å². The minimum atomic E-state index is -0.145. The standard InChI is InChI=1S/C13H22N2O2/c1-10-5-8-17-11(10)12(16)15-9-13(2,3)6-4-7-14/h5,8H,4,6-7,9,14H2,1-3H3,(H,15,16). The average molecular weight is 238 g/mol. The smallest absolute Gasteiger partial charge is 0.287 e. The van der Waals surface area contributed by atoms with E-state index in [2.05, 4.69) is 19.2 Å². The van der Waals surface area contributed by atoms with Crippen LogP contribution in [0.3, 0.4) is 0 Å². The maximum Gasteiger partial charge on any atom is 0.287 e. The number of furan rings is 1. The van der Waals surface area contributed by atoms with E-state index in [-0.39, 0.29) is 11.3 Å². The van der Waals surface area contributed by atoms with Gasteiger partial charge in [-0.1, -0.05) is 13.8 Å². The summed E-state index contributed by atoms with van der Waals surface area (Å²) in [7, 11) is 0. The molecule has 0 radical (unpaired) electrons. The highest BCUT2D eigenvalue weighted by molar-refractivity contribution is 5.92. The number of hydrogen-bond acceptors (Lipinski definition) is 3. The summed E-state index contributed by atoms with van der Waals surface area (Å²) in [5.41, 5.74) is 6.41. The lowest BCUT2D eigenvalue weighted by Gasteiger charge is -2.24. The van der Waals surface area contributed by atoms with Crippen LogP contribution in [0.4, 0.5) is 0 Å². The molecule has 1 heterocycles. The highest BCUT2D eigenvalue weighted by Crippen LogP contribution is 2.21. The highest BCUT2D eigenvalue weighted by Gasteiger charge is 2.20. The van der Waals surface area contributed by atoms with Crippen molar-refractivity contribution in [1.29, 1.82) is 0 Å². The molecular weight excluding hydrogens is 216 g/mol. The minimum absolute atomic E-state index is 0.0650. The molecule has 0 atom stereocenters. The normalized spacial score (nSPS) is 11.5. The molecule has 0 saturated heterocycles. The maximum atomic E-state index is 11.8. The van der Waals surface area contributed by atoms with Crippen LogP contribution in [0.15, 0.2) is 16.7 Å². The van der Waals surface area contributed by atoms with Crippen molar-refractivity contribution in [1.82, 2.24) is 5.32 Å². The van der Waals surface area contributed by atoms with Gasteiger partial charge in [-0.05, 0) is 37.8 Å². The molecule has 96 valence electrons. The topological polar surface area (TPSA) is 68.3 Å². The van der Waals surface area contributed by atoms with Crippen molar-refractivity contribution in [2.45, 2.75) is 33.6 Å². The van der Waals surface area contributed by atoms with Gasteiger partial charge in [-0.15, -0.1) is 0 Å². The van der Waals surface area contributed by atoms with Gasteiger partial charge in [0.25, 0.3) is 5.91 Å². The molecular formula is C13H22N2O2. The van der Waals surface area contributed by atoms with Crippen molar-refractivity contribution >= 4 is 5.91 Å². The van der Waals surface area contributed by atoms with E-state index in [9.17, 15) is 4.79 Å². The van der Waals surface area contributed by atoms with E-state index >= 15 is 0 Å². The van der Waals surface area contributed by atoms with Crippen LogP contribution in [0.25, 0.3) is 0 Å². The van der Waals surface area contributed by atoms with Crippen molar-refractivity contribution in [3.63, 3.8) is 0 Å². The predicted octanol–water partition coefficient (Wildman–Crippen LogP) is 2.08. The Morgan fingerprint density at radius 3 is 2.76 bits per heavy atom. The summed E-state index contributed by atoms with van der Waals surface area (Å²) >= 11 is 0. The fourth-order valence-corrected chi connectivity index (χ4v) is 1.67. The molecule has 0 aliphatic carbocycles. The van der Waals surface area contributed by atoms with Gasteiger partial charge in [0.05, 0.1) is 6.26 Å². The van der Waals surface area contributed by atoms with Crippen LogP contribution in [-0.4, -0.2) is 19.0 Å². The van der Waals surface area contributed by atoms with Crippen LogP contribution in [0.2, 0.25) is 0 Å². The van der Waals surface area contributed by atoms with Gasteiger partial charge in [0.15, 0.2) is 5.76 Å². The number of aryl methyl sites for hydroxylation is 1. The zero-order valence-electron chi connectivity index (χ0n) is 10.9. The first-order chi connectivity index (χ1) is 7.96. The lowest BCUT2D eigenvalue weighted by atomic mass is 9.88. The second kappa shape index (κ2) is 5.87. The van der Waals surface area contributed by atoms with E-state index in [0.29, 0.717) is 18.8 Å². The Kier molecular flexibility index (Phi) is 4.75. The lowest BCUT2D eigenvalue weighted by Crippen LogP contribution is -2.34. The number of nitrogens with two attached hydrogens (primary N) is 1. The van der Waals surface area contributed by atoms with Gasteiger partial charge in [-0.25, -0.2) is 0 Å². The second-order valence-corrected chi connectivity index (χ2v) is 5.17. The van der Waals surface area contributed by atoms with Crippen molar-refractivity contribution in [2.24, 2.45) is 11.1 Å². The molecule has 1 amide bonds. The summed E-state index contributed by atoms with van der Waals surface area (Å²) in [6.45, 7) is 7.43. The van der Waals surface area contributed by atoms with Crippen LogP contribution in [0, 0.1) is 12.3 Å². The molecule has 0 saturated carbocycles. The van der Waals surface area contributed by atoms with E-state index in [4.69, 9.17) is 10.2 Å². The first-order valence-corrected chi connectivity index (χ1v) is 5.98. The molecule has 0 unspecified atom stereocenters. The molecule has 0 fully saturated rings. The molecule has 4 heteroatoms. The SMILES string of the molecule is Cc1ccoc1C(=O)NCC(C)(C)CCCN. The fourth-order valence-electron chi connectivity index (χ4n) is 1.67. The summed E-state index contributed by atoms with van der Waals surface area (Å²) in [6, 6.07) is 1.79. The van der Waals surface area contributed by atoms with Crippen LogP contribution in [0.5, 0.6) is 0 Å². The molecule has 3 N–H and O–H groups in total. The van der Waals surface area contributed by atoms with Gasteiger partial charge < -0.3 is 15.5 Å². The van der Waals surface area contributed by atoms with Gasteiger partial charge in [-0.3, -0.25) is 4.79 Å². The van der Waals surface area contributed by atoms with Crippen molar-refractivity contribution in [2.75, 3.05) is 13.1 Å². The largest absolute Gasteiger partial charge is 0.459 e. The third-order valence-corrected chi connectivity index (χ3v) is 2.85. The van der Waals surface area contributed by atoms with Crippen molar-refractivity contribution in [3.8, 4) is 0 Å². The zero-order chi connectivity index (χ0) is 12.9. The summed E-state index contributed by atoms with van der Waals surface area (Å²) in [5.74, 6) is 0.257. The zero-order valence-corrected chi connectivity index (χ0v) is 10.9. The van der Waals surface area contributed by atoms with E-state index in [1.165, 1.54) is 6.26 Å². The van der Waals surface area contributed by atoms with Gasteiger partial charge in [0, 0.05) is 12.1 Å². The Morgan fingerprint density at radius 2 is 2.24 bits per heavy atom. The molecule has 0 aromatic carbocycles. The van der Waals surface area contributed by atoms with E-state index in [1.54, 1.807) is 6.07 Å². The molecule has 4 nitrogen and oxygen atoms in total. The Bertz CT molecular complexity index is 369. The molecule has 1 aromatic rings.